The molecule has 1 aromatic rings. The fourth-order valence-corrected chi connectivity index (χ4v) is 2.08. The second-order valence-electron chi connectivity index (χ2n) is 6.15. The Balaban J connectivity index is 3.00. The zero-order chi connectivity index (χ0) is 16.2. The molecule has 0 aliphatic rings. The van der Waals surface area contributed by atoms with Crippen LogP contribution in [-0.4, -0.2) is 23.5 Å². The Morgan fingerprint density at radius 3 is 2.48 bits per heavy atom. The fraction of sp³-hybridized carbons (Fsp3) is 0.467. The lowest BCUT2D eigenvalue weighted by Crippen LogP contribution is -2.33. The number of benzene rings is 1. The minimum absolute atomic E-state index is 0.111. The molecule has 1 rings (SSSR count). The highest BCUT2D eigenvalue weighted by Crippen LogP contribution is 2.26. The third-order valence-corrected chi connectivity index (χ3v) is 3.01. The van der Waals surface area contributed by atoms with Gasteiger partial charge in [-0.25, -0.2) is 9.18 Å². The molecule has 0 aliphatic carbocycles. The zero-order valence-corrected chi connectivity index (χ0v) is 12.4. The van der Waals surface area contributed by atoms with Crippen molar-refractivity contribution in [2.24, 2.45) is 17.1 Å². The third-order valence-electron chi connectivity index (χ3n) is 3.01. The fourth-order valence-electron chi connectivity index (χ4n) is 2.08. The topological polar surface area (TPSA) is 92.4 Å². The molecule has 0 aromatic heterocycles. The molecule has 0 saturated heterocycles. The van der Waals surface area contributed by atoms with Crippen LogP contribution >= 0.6 is 0 Å². The van der Waals surface area contributed by atoms with E-state index in [1.165, 1.54) is 12.1 Å². The number of carbonyl (C=O) groups is 2. The first-order valence-electron chi connectivity index (χ1n) is 6.68. The standard InChI is InChI=1S/C15H21FN2O3/c1-15(2,3)7-9(8-17)13(19)18-12-10(14(20)21)5-4-6-11(12)16/h4-6,9H,7-8,17H2,1-3H3,(H,18,19)(H,20,21). The zero-order valence-electron chi connectivity index (χ0n) is 12.4. The van der Waals surface area contributed by atoms with Gasteiger partial charge in [-0.2, -0.15) is 0 Å². The number of para-hydroxylation sites is 1. The highest BCUT2D eigenvalue weighted by Gasteiger charge is 2.25. The average Bonchev–Trinajstić information content (AvgIpc) is 2.36. The van der Waals surface area contributed by atoms with Gasteiger partial charge in [-0.15, -0.1) is 0 Å². The van der Waals surface area contributed by atoms with Crippen LogP contribution in [-0.2, 0) is 4.79 Å². The predicted octanol–water partition coefficient (Wildman–Crippen LogP) is 2.47. The number of carboxylic acids is 1. The lowest BCUT2D eigenvalue weighted by molar-refractivity contribution is -0.120. The first-order chi connectivity index (χ1) is 9.65. The maximum absolute atomic E-state index is 13.8. The number of carbonyl (C=O) groups excluding carboxylic acids is 1. The molecule has 1 unspecified atom stereocenters. The van der Waals surface area contributed by atoms with Crippen molar-refractivity contribution < 1.29 is 19.1 Å². The van der Waals surface area contributed by atoms with Gasteiger partial charge < -0.3 is 16.2 Å². The lowest BCUT2D eigenvalue weighted by Gasteiger charge is -2.24. The maximum Gasteiger partial charge on any atom is 0.337 e. The van der Waals surface area contributed by atoms with Gasteiger partial charge in [0, 0.05) is 6.54 Å². The molecule has 0 spiro atoms. The minimum Gasteiger partial charge on any atom is -0.478 e. The Labute approximate surface area is 123 Å². The molecule has 0 aliphatic heterocycles. The van der Waals surface area contributed by atoms with E-state index in [1.807, 2.05) is 20.8 Å². The number of nitrogens with two attached hydrogens (primary N) is 1. The molecule has 116 valence electrons. The molecule has 0 saturated carbocycles. The number of aromatic carboxylic acids is 1. The van der Waals surface area contributed by atoms with E-state index in [9.17, 15) is 14.0 Å². The third kappa shape index (κ3) is 4.82. The average molecular weight is 296 g/mol. The first kappa shape index (κ1) is 17.1. The summed E-state index contributed by atoms with van der Waals surface area (Å²) in [5, 5.41) is 11.4. The van der Waals surface area contributed by atoms with Crippen molar-refractivity contribution >= 4 is 17.6 Å². The van der Waals surface area contributed by atoms with Crippen LogP contribution in [0.3, 0.4) is 0 Å². The largest absolute Gasteiger partial charge is 0.478 e. The van der Waals surface area contributed by atoms with Crippen molar-refractivity contribution in [3.05, 3.63) is 29.6 Å². The van der Waals surface area contributed by atoms with E-state index in [0.717, 1.165) is 6.07 Å². The van der Waals surface area contributed by atoms with Crippen LogP contribution in [0, 0.1) is 17.2 Å². The Bertz CT molecular complexity index is 538. The highest BCUT2D eigenvalue weighted by atomic mass is 19.1. The molecule has 5 nitrogen and oxygen atoms in total. The molecule has 0 bridgehead atoms. The Kier molecular flexibility index (Phi) is 5.43. The minimum atomic E-state index is -1.30. The van der Waals surface area contributed by atoms with Gasteiger partial charge in [-0.1, -0.05) is 26.8 Å². The van der Waals surface area contributed by atoms with Crippen LogP contribution in [0.1, 0.15) is 37.6 Å². The van der Waals surface area contributed by atoms with Crippen molar-refractivity contribution in [1.82, 2.24) is 0 Å². The summed E-state index contributed by atoms with van der Waals surface area (Å²) in [5.41, 5.74) is 4.88. The van der Waals surface area contributed by atoms with Gasteiger partial charge in [0.2, 0.25) is 5.91 Å². The number of carboxylic acid groups (broad SMARTS) is 1. The van der Waals surface area contributed by atoms with Crippen molar-refractivity contribution in [3.63, 3.8) is 0 Å². The Hall–Kier alpha value is -1.95. The van der Waals surface area contributed by atoms with Crippen LogP contribution < -0.4 is 11.1 Å². The SMILES string of the molecule is CC(C)(C)CC(CN)C(=O)Nc1c(F)cccc1C(=O)O. The Morgan fingerprint density at radius 2 is 2.00 bits per heavy atom. The van der Waals surface area contributed by atoms with Gasteiger partial charge in [0.15, 0.2) is 0 Å². The summed E-state index contributed by atoms with van der Waals surface area (Å²) in [5.74, 6) is -3.06. The molecular formula is C15H21FN2O3. The van der Waals surface area contributed by atoms with E-state index in [4.69, 9.17) is 10.8 Å². The molecule has 1 aromatic carbocycles. The van der Waals surface area contributed by atoms with Gasteiger partial charge >= 0.3 is 5.97 Å². The van der Waals surface area contributed by atoms with Crippen LogP contribution in [0.4, 0.5) is 10.1 Å². The molecule has 1 atom stereocenters. The summed E-state index contributed by atoms with van der Waals surface area (Å²) in [6, 6.07) is 3.62. The van der Waals surface area contributed by atoms with E-state index in [-0.39, 0.29) is 23.2 Å². The number of hydrogen-bond acceptors (Lipinski definition) is 3. The predicted molar refractivity (Wildman–Crippen MR) is 78.6 cm³/mol. The second-order valence-corrected chi connectivity index (χ2v) is 6.15. The van der Waals surface area contributed by atoms with E-state index in [0.29, 0.717) is 6.42 Å². The maximum atomic E-state index is 13.8. The summed E-state index contributed by atoms with van der Waals surface area (Å²) in [7, 11) is 0. The molecule has 4 N–H and O–H groups in total. The number of halogens is 1. The van der Waals surface area contributed by atoms with Crippen molar-refractivity contribution in [1.29, 1.82) is 0 Å². The van der Waals surface area contributed by atoms with Crippen LogP contribution in [0.5, 0.6) is 0 Å². The molecule has 1 amide bonds. The van der Waals surface area contributed by atoms with Gasteiger partial charge in [0.25, 0.3) is 0 Å². The summed E-state index contributed by atoms with van der Waals surface area (Å²) in [4.78, 5) is 23.3. The number of hydrogen-bond donors (Lipinski definition) is 3. The normalized spacial score (nSPS) is 12.8. The van der Waals surface area contributed by atoms with Gasteiger partial charge in [0.05, 0.1) is 17.2 Å². The van der Waals surface area contributed by atoms with Gasteiger partial charge in [-0.3, -0.25) is 4.79 Å². The quantitative estimate of drug-likeness (QED) is 0.778. The van der Waals surface area contributed by atoms with E-state index < -0.39 is 23.6 Å². The number of anilines is 1. The smallest absolute Gasteiger partial charge is 0.337 e. The van der Waals surface area contributed by atoms with E-state index in [2.05, 4.69) is 5.32 Å². The van der Waals surface area contributed by atoms with Crippen molar-refractivity contribution in [3.8, 4) is 0 Å². The molecular weight excluding hydrogens is 275 g/mol. The van der Waals surface area contributed by atoms with Gasteiger partial charge in [0.1, 0.15) is 5.82 Å². The van der Waals surface area contributed by atoms with Crippen LogP contribution in [0.2, 0.25) is 0 Å². The number of nitrogens with one attached hydrogen (secondary N) is 1. The summed E-state index contributed by atoms with van der Waals surface area (Å²) in [6.45, 7) is 6.01. The van der Waals surface area contributed by atoms with Crippen molar-refractivity contribution in [2.45, 2.75) is 27.2 Å². The molecule has 6 heteroatoms. The summed E-state index contributed by atoms with van der Waals surface area (Å²) >= 11 is 0. The van der Waals surface area contributed by atoms with Gasteiger partial charge in [-0.05, 0) is 24.0 Å². The number of rotatable bonds is 5. The molecule has 0 radical (unpaired) electrons. The summed E-state index contributed by atoms with van der Waals surface area (Å²) in [6.07, 6.45) is 0.520. The second kappa shape index (κ2) is 6.67. The van der Waals surface area contributed by atoms with Crippen LogP contribution in [0.25, 0.3) is 0 Å². The molecule has 21 heavy (non-hydrogen) atoms. The lowest BCUT2D eigenvalue weighted by atomic mass is 9.84. The van der Waals surface area contributed by atoms with E-state index in [1.54, 1.807) is 0 Å². The molecule has 0 heterocycles. The van der Waals surface area contributed by atoms with E-state index >= 15 is 0 Å². The monoisotopic (exact) mass is 296 g/mol. The molecule has 0 fully saturated rings. The highest BCUT2D eigenvalue weighted by molar-refractivity contribution is 6.01. The number of amides is 1. The summed E-state index contributed by atoms with van der Waals surface area (Å²) < 4.78 is 13.8. The Morgan fingerprint density at radius 1 is 1.38 bits per heavy atom. The first-order valence-corrected chi connectivity index (χ1v) is 6.68. The van der Waals surface area contributed by atoms with Crippen LogP contribution in [0.15, 0.2) is 18.2 Å². The van der Waals surface area contributed by atoms with Crippen molar-refractivity contribution in [2.75, 3.05) is 11.9 Å².